The molecule has 0 aromatic carbocycles. The summed E-state index contributed by atoms with van der Waals surface area (Å²) < 4.78 is 6.89. The molecule has 0 bridgehead atoms. The van der Waals surface area contributed by atoms with E-state index in [9.17, 15) is 14.7 Å². The number of aliphatic hydroxyl groups excluding tert-OH is 2. The number of aromatic amines is 1. The summed E-state index contributed by atoms with van der Waals surface area (Å²) in [5.74, 6) is 0. The zero-order valence-electron chi connectivity index (χ0n) is 8.67. The highest BCUT2D eigenvalue weighted by atomic mass is 131. The van der Waals surface area contributed by atoms with Gasteiger partial charge in [-0.2, -0.15) is 0 Å². The lowest BCUT2D eigenvalue weighted by atomic mass is 10.2. The van der Waals surface area contributed by atoms with Gasteiger partial charge in [0.25, 0.3) is 5.56 Å². The Labute approximate surface area is 109 Å². The van der Waals surface area contributed by atoms with E-state index in [1.165, 1.54) is 10.8 Å². The highest BCUT2D eigenvalue weighted by molar-refractivity contribution is 14.1. The Morgan fingerprint density at radius 3 is 2.88 bits per heavy atom. The lowest BCUT2D eigenvalue weighted by Crippen LogP contribution is -2.33. The Bertz CT molecular complexity index is 525. The van der Waals surface area contributed by atoms with Gasteiger partial charge in [-0.25, -0.2) is 4.79 Å². The minimum Gasteiger partial charge on any atom is -0.394 e. The van der Waals surface area contributed by atoms with Crippen LogP contribution in [0.15, 0.2) is 15.8 Å². The highest BCUT2D eigenvalue weighted by Gasteiger charge is 2.34. The number of hydrogen-bond acceptors (Lipinski definition) is 5. The van der Waals surface area contributed by atoms with Crippen molar-refractivity contribution in [3.05, 3.63) is 30.6 Å². The average molecular weight is 358 g/mol. The third kappa shape index (κ3) is 2.44. The van der Waals surface area contributed by atoms with E-state index in [4.69, 9.17) is 9.84 Å². The van der Waals surface area contributed by atoms with E-state index in [-0.39, 0.29) is 13.0 Å². The number of halogens is 1. The molecular formula is C9H11IN2O5. The molecule has 0 saturated carbocycles. The Morgan fingerprint density at radius 1 is 1.59 bits per heavy atom. The van der Waals surface area contributed by atoms with Gasteiger partial charge < -0.3 is 14.9 Å². The molecule has 1 aromatic rings. The molecule has 17 heavy (non-hydrogen) atoms. The van der Waals surface area contributed by atoms with Gasteiger partial charge in [0.05, 0.1) is 16.3 Å². The summed E-state index contributed by atoms with van der Waals surface area (Å²) in [5, 5.41) is 18.5. The summed E-state index contributed by atoms with van der Waals surface area (Å²) in [6, 6.07) is 0. The monoisotopic (exact) mass is 358 g/mol. The van der Waals surface area contributed by atoms with Gasteiger partial charge in [0, 0.05) is 12.6 Å². The number of nitrogens with zero attached hydrogens (tertiary/aromatic N) is 1. The third-order valence-electron chi connectivity index (χ3n) is 2.62. The first-order valence-corrected chi connectivity index (χ1v) is 6.06. The topological polar surface area (TPSA) is 105 Å². The molecule has 0 unspecified atom stereocenters. The molecule has 1 aliphatic heterocycles. The van der Waals surface area contributed by atoms with Crippen LogP contribution >= 0.6 is 22.6 Å². The van der Waals surface area contributed by atoms with Crippen LogP contribution in [0.4, 0.5) is 0 Å². The first-order valence-electron chi connectivity index (χ1n) is 4.98. The maximum absolute atomic E-state index is 11.6. The van der Waals surface area contributed by atoms with Gasteiger partial charge in [-0.3, -0.25) is 14.3 Å². The number of hydrogen-bond donors (Lipinski definition) is 3. The predicted octanol–water partition coefficient (Wildman–Crippen LogP) is -1.22. The zero-order chi connectivity index (χ0) is 12.6. The molecule has 8 heteroatoms. The van der Waals surface area contributed by atoms with Crippen molar-refractivity contribution in [1.29, 1.82) is 0 Å². The molecule has 3 atom stereocenters. The quantitative estimate of drug-likeness (QED) is 0.575. The van der Waals surface area contributed by atoms with Gasteiger partial charge >= 0.3 is 5.69 Å². The Balaban J connectivity index is 2.34. The fourth-order valence-electron chi connectivity index (χ4n) is 1.72. The minimum atomic E-state index is -0.818. The Kier molecular flexibility index (Phi) is 3.66. The lowest BCUT2D eigenvalue weighted by Gasteiger charge is -2.14. The first kappa shape index (κ1) is 12.7. The molecule has 1 aliphatic rings. The van der Waals surface area contributed by atoms with Gasteiger partial charge in [-0.15, -0.1) is 0 Å². The van der Waals surface area contributed by atoms with Crippen molar-refractivity contribution in [3.63, 3.8) is 0 Å². The fourth-order valence-corrected chi connectivity index (χ4v) is 2.16. The van der Waals surface area contributed by atoms with Crippen LogP contribution in [0.3, 0.4) is 0 Å². The van der Waals surface area contributed by atoms with Crippen LogP contribution in [0.5, 0.6) is 0 Å². The number of rotatable bonds is 2. The SMILES string of the molecule is O=c1[nH]c(=O)n([C@H]2C[C@H](O)[C@@H](CO)O2)cc1[131I]. The second-order valence-electron chi connectivity index (χ2n) is 3.76. The van der Waals surface area contributed by atoms with Crippen molar-refractivity contribution in [2.75, 3.05) is 6.61 Å². The van der Waals surface area contributed by atoms with Crippen molar-refractivity contribution in [1.82, 2.24) is 9.55 Å². The molecular weight excluding hydrogens is 347 g/mol. The molecule has 1 fully saturated rings. The van der Waals surface area contributed by atoms with Gasteiger partial charge in [0.2, 0.25) is 0 Å². The molecule has 0 amide bonds. The minimum absolute atomic E-state index is 0.202. The van der Waals surface area contributed by atoms with Crippen molar-refractivity contribution in [2.45, 2.75) is 24.9 Å². The molecule has 0 radical (unpaired) electrons. The van der Waals surface area contributed by atoms with Crippen molar-refractivity contribution >= 4 is 22.6 Å². The molecule has 2 heterocycles. The summed E-state index contributed by atoms with van der Waals surface area (Å²) in [5.41, 5.74) is -1.05. The fraction of sp³-hybridized carbons (Fsp3) is 0.556. The molecule has 1 aromatic heterocycles. The predicted molar refractivity (Wildman–Crippen MR) is 65.7 cm³/mol. The summed E-state index contributed by atoms with van der Waals surface area (Å²) in [6.07, 6.45) is -0.607. The molecule has 94 valence electrons. The summed E-state index contributed by atoms with van der Waals surface area (Å²) in [7, 11) is 0. The maximum atomic E-state index is 11.6. The largest absolute Gasteiger partial charge is 0.394 e. The molecule has 3 N–H and O–H groups in total. The molecule has 2 rings (SSSR count). The van der Waals surface area contributed by atoms with Crippen LogP contribution in [-0.2, 0) is 4.74 Å². The standard InChI is InChI=1S/C9H11IN2O5/c10-4-2-12(9(16)11-8(4)15)7-1-5(14)6(3-13)17-7/h2,5-7,13-14H,1,3H2,(H,11,15,16)/t5-,6+,7+/m0/s1/i10+4. The molecule has 7 nitrogen and oxygen atoms in total. The first-order chi connectivity index (χ1) is 8.02. The van der Waals surface area contributed by atoms with Crippen LogP contribution in [0.25, 0.3) is 0 Å². The number of H-pyrrole nitrogens is 1. The van der Waals surface area contributed by atoms with Crippen molar-refractivity contribution in [2.24, 2.45) is 0 Å². The van der Waals surface area contributed by atoms with Crippen molar-refractivity contribution in [3.8, 4) is 0 Å². The van der Waals surface area contributed by atoms with Gasteiger partial charge in [0.15, 0.2) is 0 Å². The Hall–Kier alpha value is -0.710. The number of ether oxygens (including phenoxy) is 1. The lowest BCUT2D eigenvalue weighted by molar-refractivity contribution is -0.0459. The summed E-state index contributed by atoms with van der Waals surface area (Å²) in [4.78, 5) is 24.9. The summed E-state index contributed by atoms with van der Waals surface area (Å²) >= 11 is 1.80. The van der Waals surface area contributed by atoms with Crippen LogP contribution in [0.1, 0.15) is 12.6 Å². The van der Waals surface area contributed by atoms with Gasteiger partial charge in [-0.05, 0) is 22.6 Å². The van der Waals surface area contributed by atoms with E-state index >= 15 is 0 Å². The normalized spacial score (nSPS) is 28.5. The number of aliphatic hydroxyl groups is 2. The zero-order valence-corrected chi connectivity index (χ0v) is 10.8. The molecule has 0 spiro atoms. The van der Waals surface area contributed by atoms with E-state index < -0.39 is 29.7 Å². The van der Waals surface area contributed by atoms with E-state index in [1.54, 1.807) is 22.6 Å². The van der Waals surface area contributed by atoms with Crippen LogP contribution in [0.2, 0.25) is 0 Å². The highest BCUT2D eigenvalue weighted by Crippen LogP contribution is 2.27. The smallest absolute Gasteiger partial charge is 0.330 e. The Morgan fingerprint density at radius 2 is 2.29 bits per heavy atom. The van der Waals surface area contributed by atoms with Crippen LogP contribution in [-0.4, -0.2) is 38.6 Å². The van der Waals surface area contributed by atoms with E-state index in [1.807, 2.05) is 0 Å². The maximum Gasteiger partial charge on any atom is 0.330 e. The summed E-state index contributed by atoms with van der Waals surface area (Å²) in [6.45, 7) is -0.313. The second kappa shape index (κ2) is 4.88. The average Bonchev–Trinajstić information content (AvgIpc) is 2.65. The number of aromatic nitrogens is 2. The number of nitrogens with one attached hydrogen (secondary N) is 1. The van der Waals surface area contributed by atoms with Gasteiger partial charge in [0.1, 0.15) is 12.3 Å². The van der Waals surface area contributed by atoms with Gasteiger partial charge in [-0.1, -0.05) is 0 Å². The molecule has 1 saturated heterocycles. The van der Waals surface area contributed by atoms with E-state index in [2.05, 4.69) is 4.98 Å². The van der Waals surface area contributed by atoms with Crippen molar-refractivity contribution < 1.29 is 14.9 Å². The van der Waals surface area contributed by atoms with E-state index in [0.717, 1.165) is 0 Å². The van der Waals surface area contributed by atoms with E-state index in [0.29, 0.717) is 3.57 Å². The van der Waals surface area contributed by atoms with Crippen LogP contribution in [0, 0.1) is 3.57 Å². The third-order valence-corrected chi connectivity index (χ3v) is 3.39. The molecule has 0 aliphatic carbocycles. The second-order valence-corrected chi connectivity index (χ2v) is 4.92. The van der Waals surface area contributed by atoms with Crippen LogP contribution < -0.4 is 11.2 Å².